The van der Waals surface area contributed by atoms with Crippen molar-refractivity contribution >= 4 is 23.2 Å². The number of benzene rings is 1. The van der Waals surface area contributed by atoms with E-state index >= 15 is 0 Å². The first-order valence-electron chi connectivity index (χ1n) is 9.96. The highest BCUT2D eigenvalue weighted by molar-refractivity contribution is 7.12. The van der Waals surface area contributed by atoms with Crippen LogP contribution < -0.4 is 5.32 Å². The zero-order chi connectivity index (χ0) is 23.6. The molecule has 0 radical (unpaired) electrons. The number of nitrogens with one attached hydrogen (secondary N) is 1. The van der Waals surface area contributed by atoms with Crippen LogP contribution in [0.5, 0.6) is 0 Å². The van der Waals surface area contributed by atoms with Gasteiger partial charge in [0.2, 0.25) is 5.82 Å². The van der Waals surface area contributed by atoms with E-state index in [0.29, 0.717) is 30.2 Å². The van der Waals surface area contributed by atoms with E-state index < -0.39 is 18.0 Å². The van der Waals surface area contributed by atoms with Crippen LogP contribution >= 0.6 is 11.3 Å². The van der Waals surface area contributed by atoms with Gasteiger partial charge in [0, 0.05) is 24.2 Å². The zero-order valence-electron chi connectivity index (χ0n) is 17.4. The monoisotopic (exact) mass is 480 g/mol. The summed E-state index contributed by atoms with van der Waals surface area (Å²) >= 11 is 1.38. The van der Waals surface area contributed by atoms with Crippen LogP contribution in [0.2, 0.25) is 0 Å². The van der Waals surface area contributed by atoms with Crippen LogP contribution in [0, 0.1) is 6.92 Å². The molecule has 1 saturated heterocycles. The van der Waals surface area contributed by atoms with Gasteiger partial charge in [-0.05, 0) is 36.1 Å². The summed E-state index contributed by atoms with van der Waals surface area (Å²) in [5.74, 6) is -2.16. The molecule has 1 N–H and O–H groups in total. The molecule has 1 aliphatic heterocycles. The van der Waals surface area contributed by atoms with Gasteiger partial charge < -0.3 is 19.5 Å². The summed E-state index contributed by atoms with van der Waals surface area (Å²) in [6.07, 6.45) is -4.73. The first kappa shape index (κ1) is 22.9. The molecule has 8 nitrogen and oxygen atoms in total. The molecular formula is C21H19F3N4O4S. The van der Waals surface area contributed by atoms with Crippen LogP contribution in [0.4, 0.5) is 13.2 Å². The minimum absolute atomic E-state index is 0.0988. The van der Waals surface area contributed by atoms with Gasteiger partial charge in [0.25, 0.3) is 11.8 Å². The lowest BCUT2D eigenvalue weighted by Gasteiger charge is -2.35. The number of hydrogen-bond acceptors (Lipinski definition) is 7. The van der Waals surface area contributed by atoms with E-state index in [1.54, 1.807) is 4.90 Å². The molecule has 1 aliphatic rings. The predicted molar refractivity (Wildman–Crippen MR) is 112 cm³/mol. The minimum atomic E-state index is -4.73. The molecule has 4 rings (SSSR count). The molecule has 0 aliphatic carbocycles. The Kier molecular flexibility index (Phi) is 6.47. The molecule has 0 saturated carbocycles. The maximum absolute atomic E-state index is 12.9. The number of carbonyl (C=O) groups excluding carboxylic acids is 2. The third-order valence-electron chi connectivity index (χ3n) is 5.00. The molecule has 3 aromatic rings. The summed E-state index contributed by atoms with van der Waals surface area (Å²) in [5, 5.41) is 8.01. The predicted octanol–water partition coefficient (Wildman–Crippen LogP) is 3.40. The van der Waals surface area contributed by atoms with E-state index in [0.717, 1.165) is 5.56 Å². The van der Waals surface area contributed by atoms with Crippen molar-refractivity contribution in [2.45, 2.75) is 19.1 Å². The normalized spacial score (nSPS) is 16.6. The van der Waals surface area contributed by atoms with Gasteiger partial charge in [0.15, 0.2) is 0 Å². The smallest absolute Gasteiger partial charge is 0.377 e. The fraction of sp³-hybridized carbons (Fsp3) is 0.333. The van der Waals surface area contributed by atoms with Crippen molar-refractivity contribution in [2.75, 3.05) is 26.3 Å². The van der Waals surface area contributed by atoms with Crippen molar-refractivity contribution in [1.29, 1.82) is 0 Å². The number of ether oxygens (including phenoxy) is 1. The van der Waals surface area contributed by atoms with Gasteiger partial charge in [-0.25, -0.2) is 0 Å². The number of morpholine rings is 1. The van der Waals surface area contributed by atoms with Crippen molar-refractivity contribution in [2.24, 2.45) is 0 Å². The first-order valence-corrected chi connectivity index (χ1v) is 10.8. The molecule has 1 atom stereocenters. The number of hydrogen-bond donors (Lipinski definition) is 1. The van der Waals surface area contributed by atoms with E-state index in [2.05, 4.69) is 20.0 Å². The summed E-state index contributed by atoms with van der Waals surface area (Å²) in [5.41, 5.74) is 1.58. The number of aryl methyl sites for hydroxylation is 1. The lowest BCUT2D eigenvalue weighted by molar-refractivity contribution is -0.159. The molecule has 1 fully saturated rings. The van der Waals surface area contributed by atoms with Gasteiger partial charge in [-0.3, -0.25) is 9.59 Å². The van der Waals surface area contributed by atoms with Crippen LogP contribution in [0.1, 0.15) is 31.5 Å². The van der Waals surface area contributed by atoms with Crippen molar-refractivity contribution in [1.82, 2.24) is 20.4 Å². The summed E-state index contributed by atoms with van der Waals surface area (Å²) in [6, 6.07) is 7.27. The molecule has 33 heavy (non-hydrogen) atoms. The second-order valence-electron chi connectivity index (χ2n) is 7.42. The molecule has 0 unspecified atom stereocenters. The fourth-order valence-corrected chi connectivity index (χ4v) is 4.17. The third-order valence-corrected chi connectivity index (χ3v) is 6.04. The highest BCUT2D eigenvalue weighted by atomic mass is 32.1. The maximum atomic E-state index is 12.9. The van der Waals surface area contributed by atoms with Crippen LogP contribution in [0.25, 0.3) is 11.4 Å². The Bertz CT molecular complexity index is 1140. The van der Waals surface area contributed by atoms with E-state index in [9.17, 15) is 22.8 Å². The minimum Gasteiger partial charge on any atom is -0.377 e. The average Bonchev–Trinajstić information content (AvgIpc) is 3.47. The second-order valence-corrected chi connectivity index (χ2v) is 8.34. The van der Waals surface area contributed by atoms with Crippen LogP contribution in [-0.4, -0.2) is 59.2 Å². The standard InChI is InChI=1S/C21H19F3N4O4S/c1-12-8-16(33-11-12)19(30)28-6-7-31-10-15(28)9-25-18(29)14-4-2-13(3-5-14)17-26-20(32-27-17)21(22,23)24/h2-5,8,11,15H,6-7,9-10H2,1H3,(H,25,29)/t15-/m1/s1. The number of alkyl halides is 3. The number of aromatic nitrogens is 2. The van der Waals surface area contributed by atoms with E-state index in [1.165, 1.54) is 35.6 Å². The summed E-state index contributed by atoms with van der Waals surface area (Å²) in [4.78, 5) is 31.1. The molecular weight excluding hydrogens is 461 g/mol. The van der Waals surface area contributed by atoms with Crippen LogP contribution in [0.15, 0.2) is 40.2 Å². The number of nitrogens with zero attached hydrogens (tertiary/aromatic N) is 3. The molecule has 12 heteroatoms. The number of carbonyl (C=O) groups is 2. The molecule has 3 heterocycles. The van der Waals surface area contributed by atoms with Gasteiger partial charge in [-0.1, -0.05) is 17.3 Å². The third kappa shape index (κ3) is 5.22. The SMILES string of the molecule is Cc1csc(C(=O)N2CCOC[C@H]2CNC(=O)c2ccc(-c3noc(C(F)(F)F)n3)cc2)c1. The fourth-order valence-electron chi connectivity index (χ4n) is 3.32. The Labute approximate surface area is 190 Å². The molecule has 1 aromatic carbocycles. The Hall–Kier alpha value is -3.25. The summed E-state index contributed by atoms with van der Waals surface area (Å²) in [7, 11) is 0. The lowest BCUT2D eigenvalue weighted by atomic mass is 10.1. The van der Waals surface area contributed by atoms with Gasteiger partial charge in [0.1, 0.15) is 0 Å². The van der Waals surface area contributed by atoms with Gasteiger partial charge in [0.05, 0.1) is 24.1 Å². The Balaban J connectivity index is 1.38. The van der Waals surface area contributed by atoms with E-state index in [-0.39, 0.29) is 29.9 Å². The molecule has 174 valence electrons. The molecule has 2 amide bonds. The highest BCUT2D eigenvalue weighted by Crippen LogP contribution is 2.29. The van der Waals surface area contributed by atoms with Crippen molar-refractivity contribution in [3.05, 3.63) is 57.6 Å². The van der Waals surface area contributed by atoms with Gasteiger partial charge >= 0.3 is 12.1 Å². The molecule has 0 bridgehead atoms. The Morgan fingerprint density at radius 2 is 2.03 bits per heavy atom. The molecule has 2 aromatic heterocycles. The number of halogens is 3. The van der Waals surface area contributed by atoms with Gasteiger partial charge in [-0.2, -0.15) is 18.2 Å². The van der Waals surface area contributed by atoms with Crippen LogP contribution in [0.3, 0.4) is 0 Å². The molecule has 0 spiro atoms. The van der Waals surface area contributed by atoms with E-state index in [1.807, 2.05) is 18.4 Å². The number of thiophene rings is 1. The van der Waals surface area contributed by atoms with Crippen molar-refractivity contribution < 1.29 is 32.0 Å². The first-order chi connectivity index (χ1) is 15.7. The van der Waals surface area contributed by atoms with Crippen molar-refractivity contribution in [3.8, 4) is 11.4 Å². The van der Waals surface area contributed by atoms with E-state index in [4.69, 9.17) is 4.74 Å². The Morgan fingerprint density at radius 3 is 2.67 bits per heavy atom. The number of rotatable bonds is 5. The lowest BCUT2D eigenvalue weighted by Crippen LogP contribution is -2.53. The zero-order valence-corrected chi connectivity index (χ0v) is 18.2. The maximum Gasteiger partial charge on any atom is 0.471 e. The second kappa shape index (κ2) is 9.32. The van der Waals surface area contributed by atoms with Gasteiger partial charge in [-0.15, -0.1) is 11.3 Å². The topological polar surface area (TPSA) is 97.6 Å². The largest absolute Gasteiger partial charge is 0.471 e. The Morgan fingerprint density at radius 1 is 1.27 bits per heavy atom. The quantitative estimate of drug-likeness (QED) is 0.601. The summed E-state index contributed by atoms with van der Waals surface area (Å²) < 4.78 is 47.6. The summed E-state index contributed by atoms with van der Waals surface area (Å²) in [6.45, 7) is 3.26. The average molecular weight is 480 g/mol. The van der Waals surface area contributed by atoms with Crippen molar-refractivity contribution in [3.63, 3.8) is 0 Å². The number of amides is 2. The van der Waals surface area contributed by atoms with Crippen LogP contribution in [-0.2, 0) is 10.9 Å². The highest BCUT2D eigenvalue weighted by Gasteiger charge is 2.38.